The molecule has 1 heterocycles. The molecular weight excluding hydrogens is 471 g/mol. The third kappa shape index (κ3) is 7.29. The van der Waals surface area contributed by atoms with Crippen LogP contribution in [0.1, 0.15) is 33.9 Å². The molecule has 2 N–H and O–H groups in total. The van der Waals surface area contributed by atoms with Crippen molar-refractivity contribution < 1.29 is 4.74 Å². The van der Waals surface area contributed by atoms with Crippen LogP contribution in [-0.4, -0.2) is 31.1 Å². The van der Waals surface area contributed by atoms with Gasteiger partial charge in [0, 0.05) is 43.2 Å². The normalized spacial score (nSPS) is 13.8. The van der Waals surface area contributed by atoms with Gasteiger partial charge in [0.05, 0.1) is 11.6 Å². The van der Waals surface area contributed by atoms with Gasteiger partial charge in [0.15, 0.2) is 5.96 Å². The Labute approximate surface area is 183 Å². The van der Waals surface area contributed by atoms with Crippen molar-refractivity contribution in [1.82, 2.24) is 15.6 Å². The van der Waals surface area contributed by atoms with E-state index in [1.54, 1.807) is 18.4 Å². The van der Waals surface area contributed by atoms with E-state index in [1.165, 1.54) is 23.3 Å². The summed E-state index contributed by atoms with van der Waals surface area (Å²) in [5, 5.41) is 7.89. The molecule has 0 radical (unpaired) electrons. The summed E-state index contributed by atoms with van der Waals surface area (Å²) in [4.78, 5) is 9.95. The van der Waals surface area contributed by atoms with E-state index in [4.69, 9.17) is 4.74 Å². The lowest BCUT2D eigenvalue weighted by Gasteiger charge is -2.15. The van der Waals surface area contributed by atoms with Gasteiger partial charge in [-0.2, -0.15) is 0 Å². The van der Waals surface area contributed by atoms with Crippen LogP contribution in [0.3, 0.4) is 0 Å². The third-order valence-electron chi connectivity index (χ3n) is 4.36. The number of aromatic nitrogens is 1. The number of nitrogens with one attached hydrogen (secondary N) is 2. The van der Waals surface area contributed by atoms with Gasteiger partial charge in [-0.25, -0.2) is 4.98 Å². The Morgan fingerprint density at radius 2 is 2.11 bits per heavy atom. The molecule has 1 aromatic heterocycles. The molecule has 0 atom stereocenters. The highest BCUT2D eigenvalue weighted by Crippen LogP contribution is 2.30. The average molecular weight is 500 g/mol. The number of hydrogen-bond acceptors (Lipinski definition) is 4. The molecule has 1 fully saturated rings. The summed E-state index contributed by atoms with van der Waals surface area (Å²) in [5.74, 6) is 2.53. The number of ether oxygens (including phenoxy) is 1. The van der Waals surface area contributed by atoms with Crippen LogP contribution in [0.25, 0.3) is 0 Å². The topological polar surface area (TPSA) is 58.5 Å². The van der Waals surface area contributed by atoms with E-state index in [2.05, 4.69) is 52.7 Å². The largest absolute Gasteiger partial charge is 0.493 e. The van der Waals surface area contributed by atoms with Crippen LogP contribution in [0.15, 0.2) is 29.4 Å². The molecular formula is C20H29IN4OS. The molecule has 27 heavy (non-hydrogen) atoms. The summed E-state index contributed by atoms with van der Waals surface area (Å²) in [6.07, 6.45) is 5.43. The first kappa shape index (κ1) is 21.9. The number of aryl methyl sites for hydroxylation is 2. The summed E-state index contributed by atoms with van der Waals surface area (Å²) in [6.45, 7) is 6.51. The van der Waals surface area contributed by atoms with Crippen LogP contribution in [-0.2, 0) is 13.0 Å². The lowest BCUT2D eigenvalue weighted by Crippen LogP contribution is -2.37. The van der Waals surface area contributed by atoms with Crippen molar-refractivity contribution in [2.75, 3.05) is 20.2 Å². The van der Waals surface area contributed by atoms with Crippen molar-refractivity contribution in [1.29, 1.82) is 0 Å². The zero-order valence-electron chi connectivity index (χ0n) is 16.2. The maximum Gasteiger partial charge on any atom is 0.191 e. The molecule has 0 amide bonds. The minimum absolute atomic E-state index is 0. The molecule has 3 rings (SSSR count). The summed E-state index contributed by atoms with van der Waals surface area (Å²) in [7, 11) is 1.79. The molecule has 2 aromatic rings. The van der Waals surface area contributed by atoms with Crippen molar-refractivity contribution in [2.24, 2.45) is 10.9 Å². The van der Waals surface area contributed by atoms with Crippen molar-refractivity contribution in [3.63, 3.8) is 0 Å². The van der Waals surface area contributed by atoms with Crippen LogP contribution in [0.5, 0.6) is 5.75 Å². The fraction of sp³-hybridized carbons (Fsp3) is 0.500. The monoisotopic (exact) mass is 500 g/mol. The Bertz CT molecular complexity index is 758. The molecule has 1 aliphatic rings. The number of benzene rings is 1. The zero-order chi connectivity index (χ0) is 18.4. The zero-order valence-corrected chi connectivity index (χ0v) is 19.4. The molecule has 1 aliphatic carbocycles. The van der Waals surface area contributed by atoms with E-state index in [1.807, 2.05) is 6.20 Å². The number of hydrogen-bond donors (Lipinski definition) is 2. The van der Waals surface area contributed by atoms with E-state index < -0.39 is 0 Å². The number of aliphatic imine (C=N–C) groups is 1. The van der Waals surface area contributed by atoms with Crippen molar-refractivity contribution in [2.45, 2.75) is 39.7 Å². The Hall–Kier alpha value is -1.35. The highest BCUT2D eigenvalue weighted by Gasteiger charge is 2.22. The van der Waals surface area contributed by atoms with Crippen molar-refractivity contribution in [3.05, 3.63) is 45.4 Å². The summed E-state index contributed by atoms with van der Waals surface area (Å²) >= 11 is 1.75. The SMILES string of the molecule is CN=C(NCCc1ncc(C)s1)NCc1ccc(C)cc1OCC1CC1.I. The molecule has 0 spiro atoms. The van der Waals surface area contributed by atoms with Crippen LogP contribution >= 0.6 is 35.3 Å². The number of thiazole rings is 1. The number of guanidine groups is 1. The lowest BCUT2D eigenvalue weighted by atomic mass is 10.1. The Kier molecular flexibility index (Phi) is 8.82. The minimum Gasteiger partial charge on any atom is -0.493 e. The van der Waals surface area contributed by atoms with E-state index in [0.717, 1.165) is 47.8 Å². The van der Waals surface area contributed by atoms with Gasteiger partial charge in [0.25, 0.3) is 0 Å². The smallest absolute Gasteiger partial charge is 0.191 e. The van der Waals surface area contributed by atoms with Gasteiger partial charge in [-0.3, -0.25) is 4.99 Å². The highest BCUT2D eigenvalue weighted by molar-refractivity contribution is 14.0. The van der Waals surface area contributed by atoms with Crippen molar-refractivity contribution in [3.8, 4) is 5.75 Å². The molecule has 148 valence electrons. The predicted molar refractivity (Wildman–Crippen MR) is 124 cm³/mol. The first-order valence-electron chi connectivity index (χ1n) is 9.22. The highest BCUT2D eigenvalue weighted by atomic mass is 127. The third-order valence-corrected chi connectivity index (χ3v) is 5.34. The maximum atomic E-state index is 6.04. The Morgan fingerprint density at radius 3 is 2.78 bits per heavy atom. The van der Waals surface area contributed by atoms with E-state index in [9.17, 15) is 0 Å². The summed E-state index contributed by atoms with van der Waals surface area (Å²) < 4.78 is 6.04. The Morgan fingerprint density at radius 1 is 1.30 bits per heavy atom. The van der Waals surface area contributed by atoms with Crippen LogP contribution in [0, 0.1) is 19.8 Å². The summed E-state index contributed by atoms with van der Waals surface area (Å²) in [5.41, 5.74) is 2.38. The van der Waals surface area contributed by atoms with Gasteiger partial charge >= 0.3 is 0 Å². The van der Waals surface area contributed by atoms with Crippen LogP contribution in [0.4, 0.5) is 0 Å². The van der Waals surface area contributed by atoms with E-state index in [-0.39, 0.29) is 24.0 Å². The average Bonchev–Trinajstić information content (AvgIpc) is 3.37. The second-order valence-corrected chi connectivity index (χ2v) is 8.15. The van der Waals surface area contributed by atoms with Gasteiger partial charge in [-0.05, 0) is 44.2 Å². The molecule has 7 heteroatoms. The van der Waals surface area contributed by atoms with Gasteiger partial charge in [0.2, 0.25) is 0 Å². The molecule has 5 nitrogen and oxygen atoms in total. The maximum absolute atomic E-state index is 6.04. The van der Waals surface area contributed by atoms with Crippen molar-refractivity contribution >= 4 is 41.3 Å². The fourth-order valence-electron chi connectivity index (χ4n) is 2.64. The number of halogens is 1. The second-order valence-electron chi connectivity index (χ2n) is 6.83. The second kappa shape index (κ2) is 10.8. The molecule has 1 saturated carbocycles. The van der Waals surface area contributed by atoms with Crippen LogP contribution < -0.4 is 15.4 Å². The number of nitrogens with zero attached hydrogens (tertiary/aromatic N) is 2. The van der Waals surface area contributed by atoms with Gasteiger partial charge in [-0.1, -0.05) is 12.1 Å². The Balaban J connectivity index is 0.00000261. The molecule has 0 aliphatic heterocycles. The lowest BCUT2D eigenvalue weighted by molar-refractivity contribution is 0.296. The molecule has 0 unspecified atom stereocenters. The minimum atomic E-state index is 0. The van der Waals surface area contributed by atoms with Gasteiger partial charge in [0.1, 0.15) is 5.75 Å². The van der Waals surface area contributed by atoms with Gasteiger partial charge in [-0.15, -0.1) is 35.3 Å². The molecule has 0 bridgehead atoms. The molecule has 1 aromatic carbocycles. The number of rotatable bonds is 8. The summed E-state index contributed by atoms with van der Waals surface area (Å²) in [6, 6.07) is 6.39. The van der Waals surface area contributed by atoms with E-state index >= 15 is 0 Å². The predicted octanol–water partition coefficient (Wildman–Crippen LogP) is 4.07. The van der Waals surface area contributed by atoms with Gasteiger partial charge < -0.3 is 15.4 Å². The first-order valence-corrected chi connectivity index (χ1v) is 10.0. The fourth-order valence-corrected chi connectivity index (χ4v) is 3.43. The first-order chi connectivity index (χ1) is 12.6. The van der Waals surface area contributed by atoms with E-state index in [0.29, 0.717) is 6.54 Å². The molecule has 0 saturated heterocycles. The quantitative estimate of drug-likeness (QED) is 0.326. The standard InChI is InChI=1S/C20H28N4OS.HI/c1-14-4-7-17(18(10-14)25-13-16-5-6-16)12-24-20(21-3)22-9-8-19-23-11-15(2)26-19;/h4,7,10-11,16H,5-6,8-9,12-13H2,1-3H3,(H2,21,22,24);1H. The van der Waals surface area contributed by atoms with Crippen LogP contribution in [0.2, 0.25) is 0 Å².